The van der Waals surface area contributed by atoms with Gasteiger partial charge in [-0.05, 0) is 37.0 Å². The molecule has 6 heteroatoms. The Bertz CT molecular complexity index is 929. The third-order valence-corrected chi connectivity index (χ3v) is 3.77. The fourth-order valence-corrected chi connectivity index (χ4v) is 2.61. The smallest absolute Gasteiger partial charge is 0.330 e. The molecule has 1 N–H and O–H groups in total. The van der Waals surface area contributed by atoms with E-state index in [4.69, 9.17) is 4.74 Å². The molecule has 0 saturated carbocycles. The summed E-state index contributed by atoms with van der Waals surface area (Å²) in [5.74, 6) is 5.12. The van der Waals surface area contributed by atoms with Gasteiger partial charge in [-0.2, -0.15) is 0 Å². The van der Waals surface area contributed by atoms with Crippen LogP contribution in [0.5, 0.6) is 0 Å². The number of aldehydes is 1. The number of benzene rings is 1. The van der Waals surface area contributed by atoms with Crippen LogP contribution in [0.3, 0.4) is 0 Å². The van der Waals surface area contributed by atoms with Crippen molar-refractivity contribution in [2.45, 2.75) is 33.4 Å². The molecule has 6 nitrogen and oxygen atoms in total. The minimum absolute atomic E-state index is 0.0824. The standard InChI is InChI=1S/C19H20N2O4/c1-3-16-17(21(13-25-4-2)19(24)20-18(16)23)12-15-8-5-7-14(11-15)9-6-10-22/h5,7-8,10-11H,3-4,12-13H2,1-2H3,(H,20,23,24). The van der Waals surface area contributed by atoms with Crippen LogP contribution in [0.1, 0.15) is 36.2 Å². The lowest BCUT2D eigenvalue weighted by molar-refractivity contribution is -0.103. The number of hydrogen-bond acceptors (Lipinski definition) is 4. The van der Waals surface area contributed by atoms with Gasteiger partial charge >= 0.3 is 5.69 Å². The summed E-state index contributed by atoms with van der Waals surface area (Å²) in [6.07, 6.45) is 1.44. The van der Waals surface area contributed by atoms with Crippen molar-refractivity contribution in [1.82, 2.24) is 9.55 Å². The Morgan fingerprint density at radius 3 is 2.76 bits per heavy atom. The number of carbonyl (C=O) groups is 1. The number of aromatic amines is 1. The maximum absolute atomic E-state index is 12.2. The highest BCUT2D eigenvalue weighted by Crippen LogP contribution is 2.13. The third-order valence-electron chi connectivity index (χ3n) is 3.77. The summed E-state index contributed by atoms with van der Waals surface area (Å²) in [4.78, 5) is 37.1. The average molecular weight is 340 g/mol. The zero-order valence-electron chi connectivity index (χ0n) is 14.3. The summed E-state index contributed by atoms with van der Waals surface area (Å²) in [6.45, 7) is 4.25. The van der Waals surface area contributed by atoms with E-state index >= 15 is 0 Å². The molecule has 0 aliphatic carbocycles. The van der Waals surface area contributed by atoms with Crippen LogP contribution in [0, 0.1) is 11.8 Å². The molecule has 0 unspecified atom stereocenters. The normalized spacial score (nSPS) is 10.2. The number of rotatable bonds is 6. The van der Waals surface area contributed by atoms with Crippen molar-refractivity contribution in [1.29, 1.82) is 0 Å². The maximum atomic E-state index is 12.2. The first-order chi connectivity index (χ1) is 12.1. The van der Waals surface area contributed by atoms with Crippen LogP contribution < -0.4 is 11.2 Å². The molecule has 0 aliphatic heterocycles. The van der Waals surface area contributed by atoms with Crippen molar-refractivity contribution < 1.29 is 9.53 Å². The van der Waals surface area contributed by atoms with Gasteiger partial charge < -0.3 is 4.74 Å². The van der Waals surface area contributed by atoms with E-state index in [1.807, 2.05) is 32.0 Å². The number of aromatic nitrogens is 2. The van der Waals surface area contributed by atoms with E-state index < -0.39 is 5.69 Å². The number of ether oxygens (including phenoxy) is 1. The first-order valence-electron chi connectivity index (χ1n) is 8.07. The van der Waals surface area contributed by atoms with E-state index in [-0.39, 0.29) is 12.3 Å². The predicted octanol–water partition coefficient (Wildman–Crippen LogP) is 1.23. The largest absolute Gasteiger partial charge is 0.361 e. The molecule has 0 saturated heterocycles. The molecule has 0 atom stereocenters. The molecule has 130 valence electrons. The van der Waals surface area contributed by atoms with Gasteiger partial charge in [-0.3, -0.25) is 19.1 Å². The Balaban J connectivity index is 2.52. The van der Waals surface area contributed by atoms with Crippen molar-refractivity contribution in [2.75, 3.05) is 6.61 Å². The number of H-pyrrole nitrogens is 1. The second-order valence-electron chi connectivity index (χ2n) is 5.35. The van der Waals surface area contributed by atoms with Crippen LogP contribution in [0.2, 0.25) is 0 Å². The Labute approximate surface area is 145 Å². The molecule has 2 rings (SSSR count). The zero-order valence-corrected chi connectivity index (χ0v) is 14.3. The molecule has 1 heterocycles. The van der Waals surface area contributed by atoms with Crippen molar-refractivity contribution in [2.24, 2.45) is 0 Å². The molecular formula is C19H20N2O4. The van der Waals surface area contributed by atoms with Crippen LogP contribution in [0.15, 0.2) is 33.9 Å². The summed E-state index contributed by atoms with van der Waals surface area (Å²) < 4.78 is 6.83. The molecule has 0 aliphatic rings. The minimum Gasteiger partial charge on any atom is -0.361 e. The van der Waals surface area contributed by atoms with Crippen molar-refractivity contribution in [3.8, 4) is 11.8 Å². The Kier molecular flexibility index (Phi) is 6.49. The van der Waals surface area contributed by atoms with E-state index in [1.54, 1.807) is 6.07 Å². The molecule has 0 bridgehead atoms. The molecule has 0 fully saturated rings. The number of nitrogens with one attached hydrogen (secondary N) is 1. The Morgan fingerprint density at radius 2 is 2.08 bits per heavy atom. The fourth-order valence-electron chi connectivity index (χ4n) is 2.61. The highest BCUT2D eigenvalue weighted by molar-refractivity contribution is 5.73. The number of hydrogen-bond donors (Lipinski definition) is 1. The van der Waals surface area contributed by atoms with Crippen LogP contribution in [-0.2, 0) is 29.1 Å². The van der Waals surface area contributed by atoms with Gasteiger partial charge in [0.1, 0.15) is 6.73 Å². The van der Waals surface area contributed by atoms with Crippen LogP contribution >= 0.6 is 0 Å². The third kappa shape index (κ3) is 4.55. The van der Waals surface area contributed by atoms with E-state index in [1.165, 1.54) is 4.57 Å². The predicted molar refractivity (Wildman–Crippen MR) is 94.5 cm³/mol. The second-order valence-corrected chi connectivity index (χ2v) is 5.35. The van der Waals surface area contributed by atoms with Gasteiger partial charge in [0, 0.05) is 29.8 Å². The highest BCUT2D eigenvalue weighted by atomic mass is 16.5. The molecule has 1 aromatic heterocycles. The molecular weight excluding hydrogens is 320 g/mol. The highest BCUT2D eigenvalue weighted by Gasteiger charge is 2.14. The monoisotopic (exact) mass is 340 g/mol. The molecule has 2 aromatic rings. The van der Waals surface area contributed by atoms with Gasteiger partial charge in [0.05, 0.1) is 0 Å². The minimum atomic E-state index is -0.484. The summed E-state index contributed by atoms with van der Waals surface area (Å²) in [7, 11) is 0. The van der Waals surface area contributed by atoms with Gasteiger partial charge in [-0.25, -0.2) is 4.79 Å². The lowest BCUT2D eigenvalue weighted by atomic mass is 10.0. The first-order valence-corrected chi connectivity index (χ1v) is 8.07. The lowest BCUT2D eigenvalue weighted by Crippen LogP contribution is -2.36. The number of nitrogens with zero attached hydrogens (tertiary/aromatic N) is 1. The summed E-state index contributed by atoms with van der Waals surface area (Å²) >= 11 is 0. The van der Waals surface area contributed by atoms with Gasteiger partial charge in [-0.15, -0.1) is 0 Å². The number of carbonyl (C=O) groups excluding carboxylic acids is 1. The fraction of sp³-hybridized carbons (Fsp3) is 0.316. The Hall–Kier alpha value is -2.91. The first kappa shape index (κ1) is 18.4. The SMILES string of the molecule is CCOCn1c(Cc2cccc(C#CC=O)c2)c(CC)c(=O)[nH]c1=O. The van der Waals surface area contributed by atoms with Crippen molar-refractivity contribution >= 4 is 6.29 Å². The van der Waals surface area contributed by atoms with Crippen LogP contribution in [-0.4, -0.2) is 22.4 Å². The van der Waals surface area contributed by atoms with E-state index in [9.17, 15) is 14.4 Å². The Morgan fingerprint density at radius 1 is 1.28 bits per heavy atom. The molecule has 0 radical (unpaired) electrons. The molecule has 1 aromatic carbocycles. The quantitative estimate of drug-likeness (QED) is 0.633. The van der Waals surface area contributed by atoms with Gasteiger partial charge in [0.15, 0.2) is 6.29 Å². The molecule has 0 spiro atoms. The topological polar surface area (TPSA) is 81.2 Å². The summed E-state index contributed by atoms with van der Waals surface area (Å²) in [5.41, 5.74) is 1.93. The lowest BCUT2D eigenvalue weighted by Gasteiger charge is -2.15. The van der Waals surface area contributed by atoms with Gasteiger partial charge in [0.2, 0.25) is 0 Å². The molecule has 25 heavy (non-hydrogen) atoms. The van der Waals surface area contributed by atoms with Crippen LogP contribution in [0.25, 0.3) is 0 Å². The second kappa shape index (κ2) is 8.81. The van der Waals surface area contributed by atoms with Gasteiger partial charge in [0.25, 0.3) is 5.56 Å². The van der Waals surface area contributed by atoms with E-state index in [0.29, 0.717) is 42.6 Å². The maximum Gasteiger partial charge on any atom is 0.330 e. The van der Waals surface area contributed by atoms with Crippen molar-refractivity contribution in [3.05, 3.63) is 67.5 Å². The van der Waals surface area contributed by atoms with Crippen molar-refractivity contribution in [3.63, 3.8) is 0 Å². The van der Waals surface area contributed by atoms with E-state index in [2.05, 4.69) is 16.8 Å². The van der Waals surface area contributed by atoms with E-state index in [0.717, 1.165) is 5.56 Å². The summed E-state index contributed by atoms with van der Waals surface area (Å²) in [6, 6.07) is 7.36. The molecule has 0 amide bonds. The van der Waals surface area contributed by atoms with Crippen LogP contribution in [0.4, 0.5) is 0 Å². The zero-order chi connectivity index (χ0) is 18.2. The summed E-state index contributed by atoms with van der Waals surface area (Å²) in [5, 5.41) is 0. The average Bonchev–Trinajstić information content (AvgIpc) is 2.60. The van der Waals surface area contributed by atoms with Gasteiger partial charge in [-0.1, -0.05) is 25.0 Å².